The number of hydrogen-bond donors (Lipinski definition) is 3. The van der Waals surface area contributed by atoms with Gasteiger partial charge in [-0.25, -0.2) is 0 Å². The first kappa shape index (κ1) is 12.8. The maximum Gasteiger partial charge on any atom is 0.216 e. The fourth-order valence-corrected chi connectivity index (χ4v) is 0.370. The van der Waals surface area contributed by atoms with Crippen LogP contribution in [0.25, 0.3) is 0 Å². The van der Waals surface area contributed by atoms with Crippen LogP contribution in [0.2, 0.25) is 0 Å². The van der Waals surface area contributed by atoms with Crippen LogP contribution in [0.5, 0.6) is 0 Å². The van der Waals surface area contributed by atoms with Gasteiger partial charge in [0.15, 0.2) is 0 Å². The highest BCUT2D eigenvalue weighted by Gasteiger charge is 1.77. The Morgan fingerprint density at radius 3 is 1.90 bits per heavy atom. The van der Waals surface area contributed by atoms with E-state index >= 15 is 0 Å². The molecular formula is C5H12O3S2. The average molecular weight is 184 g/mol. The van der Waals surface area contributed by atoms with Crippen LogP contribution in [0, 0.1) is 0 Å². The third-order valence-electron chi connectivity index (χ3n) is 0.368. The van der Waals surface area contributed by atoms with Crippen LogP contribution >= 0.6 is 24.8 Å². The molecular weight excluding hydrogens is 172 g/mol. The number of ether oxygens (including phenoxy) is 1. The maximum absolute atomic E-state index is 7.62. The molecule has 62 valence electrons. The lowest BCUT2D eigenvalue weighted by molar-refractivity contribution is 0.186. The molecule has 0 bridgehead atoms. The van der Waals surface area contributed by atoms with Crippen molar-refractivity contribution in [3.63, 3.8) is 0 Å². The van der Waals surface area contributed by atoms with Crippen molar-refractivity contribution in [3.05, 3.63) is 0 Å². The molecule has 3 nitrogen and oxygen atoms in total. The molecule has 0 aliphatic rings. The molecule has 5 heteroatoms. The van der Waals surface area contributed by atoms with Crippen LogP contribution in [-0.2, 0) is 4.74 Å². The molecule has 10 heavy (non-hydrogen) atoms. The molecule has 0 amide bonds. The molecule has 0 heterocycles. The first-order chi connectivity index (χ1) is 4.68. The summed E-state index contributed by atoms with van der Waals surface area (Å²) in [6, 6.07) is 0. The zero-order valence-corrected chi connectivity index (χ0v) is 7.49. The van der Waals surface area contributed by atoms with Crippen LogP contribution in [0.15, 0.2) is 0 Å². The molecule has 0 aromatic heterocycles. The summed E-state index contributed by atoms with van der Waals surface area (Å²) in [5.74, 6) is 0. The van der Waals surface area contributed by atoms with Crippen molar-refractivity contribution in [2.75, 3.05) is 19.8 Å². The van der Waals surface area contributed by atoms with Gasteiger partial charge in [0, 0.05) is 0 Å². The highest BCUT2D eigenvalue weighted by Crippen LogP contribution is 1.83. The van der Waals surface area contributed by atoms with Crippen molar-refractivity contribution < 1.29 is 14.9 Å². The van der Waals surface area contributed by atoms with E-state index in [1.807, 2.05) is 6.92 Å². The predicted molar refractivity (Wildman–Crippen MR) is 47.4 cm³/mol. The van der Waals surface area contributed by atoms with E-state index in [0.29, 0.717) is 11.0 Å². The van der Waals surface area contributed by atoms with Crippen molar-refractivity contribution in [2.24, 2.45) is 0 Å². The minimum absolute atomic E-state index is 0.125. The zero-order chi connectivity index (χ0) is 8.41. The molecule has 0 aromatic carbocycles. The number of thiol groups is 1. The van der Waals surface area contributed by atoms with E-state index in [0.717, 1.165) is 0 Å². The minimum atomic E-state index is -0.125. The second-order valence-corrected chi connectivity index (χ2v) is 2.23. The van der Waals surface area contributed by atoms with Gasteiger partial charge in [-0.2, -0.15) is 0 Å². The van der Waals surface area contributed by atoms with Crippen molar-refractivity contribution >= 4 is 29.2 Å². The van der Waals surface area contributed by atoms with E-state index in [4.69, 9.17) is 10.2 Å². The summed E-state index contributed by atoms with van der Waals surface area (Å²) < 4.78 is 4.95. The van der Waals surface area contributed by atoms with E-state index in [-0.39, 0.29) is 13.2 Å². The summed E-state index contributed by atoms with van der Waals surface area (Å²) in [5.41, 5.74) is 0. The molecule has 0 spiro atoms. The highest BCUT2D eigenvalue weighted by atomic mass is 32.1. The predicted octanol–water partition coefficient (Wildman–Crippen LogP) is 0.209. The van der Waals surface area contributed by atoms with E-state index in [1.54, 1.807) is 0 Å². The number of thiocarbonyl (C=S) groups is 1. The van der Waals surface area contributed by atoms with Gasteiger partial charge in [-0.15, -0.1) is 0 Å². The Morgan fingerprint density at radius 1 is 1.50 bits per heavy atom. The van der Waals surface area contributed by atoms with Gasteiger partial charge in [-0.05, 0) is 19.1 Å². The van der Waals surface area contributed by atoms with Gasteiger partial charge in [0.05, 0.1) is 19.8 Å². The molecule has 0 aliphatic carbocycles. The smallest absolute Gasteiger partial charge is 0.216 e. The van der Waals surface area contributed by atoms with Crippen LogP contribution in [0.4, 0.5) is 0 Å². The van der Waals surface area contributed by atoms with Gasteiger partial charge < -0.3 is 14.9 Å². The largest absolute Gasteiger partial charge is 0.479 e. The second kappa shape index (κ2) is 11.9. The number of aliphatic hydroxyl groups is 2. The SMILES string of the molecule is CCOC(=S)S.OCCO. The van der Waals surface area contributed by atoms with Gasteiger partial charge >= 0.3 is 0 Å². The molecule has 0 aliphatic heterocycles. The Morgan fingerprint density at radius 2 is 1.90 bits per heavy atom. The Hall–Kier alpha value is 0.160. The standard InChI is InChI=1S/C3H6OS2.C2H6O2/c1-2-4-3(5)6;3-1-2-4/h2H2,1H3,(H,5,6);3-4H,1-2H2. The van der Waals surface area contributed by atoms with E-state index in [9.17, 15) is 0 Å². The molecule has 0 atom stereocenters. The fraction of sp³-hybridized carbons (Fsp3) is 0.800. The molecule has 0 aromatic rings. The normalized spacial score (nSPS) is 7.60. The van der Waals surface area contributed by atoms with Gasteiger partial charge in [0.2, 0.25) is 4.38 Å². The van der Waals surface area contributed by atoms with Gasteiger partial charge in [-0.3, -0.25) is 0 Å². The molecule has 0 rings (SSSR count). The molecule has 0 saturated heterocycles. The summed E-state index contributed by atoms with van der Waals surface area (Å²) in [5, 5.41) is 15.2. The quantitative estimate of drug-likeness (QED) is 0.424. The van der Waals surface area contributed by atoms with E-state index in [1.165, 1.54) is 0 Å². The third-order valence-corrected chi connectivity index (χ3v) is 0.615. The van der Waals surface area contributed by atoms with Crippen LogP contribution in [0.1, 0.15) is 6.92 Å². The lowest BCUT2D eigenvalue weighted by atomic mass is 10.8. The highest BCUT2D eigenvalue weighted by molar-refractivity contribution is 8.10. The summed E-state index contributed by atoms with van der Waals surface area (Å²) in [6.45, 7) is 2.23. The zero-order valence-electron chi connectivity index (χ0n) is 5.78. The summed E-state index contributed by atoms with van der Waals surface area (Å²) in [4.78, 5) is 0. The first-order valence-corrected chi connectivity index (χ1v) is 3.62. The van der Waals surface area contributed by atoms with Gasteiger partial charge in [0.25, 0.3) is 0 Å². The number of hydrogen-bond acceptors (Lipinski definition) is 4. The Bertz CT molecular complexity index is 75.3. The molecule has 0 saturated carbocycles. The van der Waals surface area contributed by atoms with Gasteiger partial charge in [-0.1, -0.05) is 12.6 Å². The molecule has 0 unspecified atom stereocenters. The van der Waals surface area contributed by atoms with Crippen molar-refractivity contribution in [1.82, 2.24) is 0 Å². The summed E-state index contributed by atoms with van der Waals surface area (Å²) in [6.07, 6.45) is 0. The topological polar surface area (TPSA) is 49.7 Å². The summed E-state index contributed by atoms with van der Waals surface area (Å²) >= 11 is 8.12. The van der Waals surface area contributed by atoms with Crippen molar-refractivity contribution in [2.45, 2.75) is 6.92 Å². The number of aliphatic hydroxyl groups excluding tert-OH is 2. The lowest BCUT2D eigenvalue weighted by Gasteiger charge is -1.92. The lowest BCUT2D eigenvalue weighted by Crippen LogP contribution is -1.89. The van der Waals surface area contributed by atoms with E-state index < -0.39 is 0 Å². The molecule has 2 N–H and O–H groups in total. The minimum Gasteiger partial charge on any atom is -0.479 e. The van der Waals surface area contributed by atoms with E-state index in [2.05, 4.69) is 29.6 Å². The second-order valence-electron chi connectivity index (χ2n) is 1.15. The maximum atomic E-state index is 7.62. The summed E-state index contributed by atoms with van der Waals surface area (Å²) in [7, 11) is 0. The van der Waals surface area contributed by atoms with Crippen LogP contribution in [-0.4, -0.2) is 34.4 Å². The monoisotopic (exact) mass is 184 g/mol. The van der Waals surface area contributed by atoms with Crippen LogP contribution < -0.4 is 0 Å². The molecule has 0 radical (unpaired) electrons. The average Bonchev–Trinajstić information content (AvgIpc) is 1.89. The third kappa shape index (κ3) is 24.2. The van der Waals surface area contributed by atoms with Crippen molar-refractivity contribution in [3.8, 4) is 0 Å². The Labute approximate surface area is 71.4 Å². The Balaban J connectivity index is 0. The van der Waals surface area contributed by atoms with Crippen molar-refractivity contribution in [1.29, 1.82) is 0 Å². The number of rotatable bonds is 2. The van der Waals surface area contributed by atoms with Gasteiger partial charge in [0.1, 0.15) is 0 Å². The fourth-order valence-electron chi connectivity index (χ4n) is 0.123. The van der Waals surface area contributed by atoms with Crippen LogP contribution in [0.3, 0.4) is 0 Å². The molecule has 0 fully saturated rings. The Kier molecular flexibility index (Phi) is 15.2. The first-order valence-electron chi connectivity index (χ1n) is 2.76.